The lowest BCUT2D eigenvalue weighted by atomic mass is 9.97. The lowest BCUT2D eigenvalue weighted by Gasteiger charge is -2.12. The van der Waals surface area contributed by atoms with Gasteiger partial charge in [-0.15, -0.1) is 0 Å². The number of hydrogen-bond acceptors (Lipinski definition) is 3. The van der Waals surface area contributed by atoms with Crippen LogP contribution in [0.5, 0.6) is 0 Å². The van der Waals surface area contributed by atoms with E-state index >= 15 is 0 Å². The molecule has 1 N–H and O–H groups in total. The Hall–Kier alpha value is -2.88. The number of nitrogens with one attached hydrogen (secondary N) is 1. The van der Waals surface area contributed by atoms with Crippen molar-refractivity contribution in [1.82, 2.24) is 5.32 Å². The second-order valence-corrected chi connectivity index (χ2v) is 6.45. The van der Waals surface area contributed by atoms with Gasteiger partial charge in [0.15, 0.2) is 5.43 Å². The van der Waals surface area contributed by atoms with E-state index in [1.807, 2.05) is 51.1 Å². The van der Waals surface area contributed by atoms with E-state index in [2.05, 4.69) is 5.32 Å². The standard InChI is InChI=1S/C20H17NO3/c1-10-4-6-13(7-5-10)17-16-18(22)15-12(3)8-11(2)9-14(15)24-19(16)20(23)21-17/h4-9,17H,1-3H3,(H,21,23). The zero-order valence-corrected chi connectivity index (χ0v) is 13.8. The van der Waals surface area contributed by atoms with Crippen LogP contribution in [-0.2, 0) is 0 Å². The molecule has 4 heteroatoms. The summed E-state index contributed by atoms with van der Waals surface area (Å²) in [6.45, 7) is 5.83. The fourth-order valence-electron chi connectivity index (χ4n) is 3.41. The predicted octanol–water partition coefficient (Wildman–Crippen LogP) is 3.55. The van der Waals surface area contributed by atoms with Crippen LogP contribution in [0.1, 0.15) is 44.4 Å². The van der Waals surface area contributed by atoms with E-state index < -0.39 is 6.04 Å². The summed E-state index contributed by atoms with van der Waals surface area (Å²) in [7, 11) is 0. The second-order valence-electron chi connectivity index (χ2n) is 6.45. The number of aryl methyl sites for hydroxylation is 3. The van der Waals surface area contributed by atoms with Crippen LogP contribution in [0.4, 0.5) is 0 Å². The molecule has 0 saturated carbocycles. The summed E-state index contributed by atoms with van der Waals surface area (Å²) < 4.78 is 5.82. The van der Waals surface area contributed by atoms with Gasteiger partial charge < -0.3 is 9.73 Å². The quantitative estimate of drug-likeness (QED) is 0.746. The summed E-state index contributed by atoms with van der Waals surface area (Å²) in [5.41, 5.74) is 4.61. The molecule has 2 heterocycles. The highest BCUT2D eigenvalue weighted by molar-refractivity contribution is 5.99. The highest BCUT2D eigenvalue weighted by Gasteiger charge is 2.36. The number of carbonyl (C=O) groups is 1. The minimum Gasteiger partial charge on any atom is -0.450 e. The fourth-order valence-corrected chi connectivity index (χ4v) is 3.41. The van der Waals surface area contributed by atoms with Crippen molar-refractivity contribution >= 4 is 16.9 Å². The van der Waals surface area contributed by atoms with Crippen LogP contribution in [0, 0.1) is 20.8 Å². The summed E-state index contributed by atoms with van der Waals surface area (Å²) >= 11 is 0. The molecule has 0 fully saturated rings. The average molecular weight is 319 g/mol. The molecule has 0 saturated heterocycles. The second kappa shape index (κ2) is 5.06. The first-order valence-corrected chi connectivity index (χ1v) is 7.91. The van der Waals surface area contributed by atoms with E-state index in [4.69, 9.17) is 4.42 Å². The van der Waals surface area contributed by atoms with Crippen molar-refractivity contribution in [2.45, 2.75) is 26.8 Å². The topological polar surface area (TPSA) is 59.3 Å². The zero-order valence-electron chi connectivity index (χ0n) is 13.8. The van der Waals surface area contributed by atoms with Crippen LogP contribution >= 0.6 is 0 Å². The molecular formula is C20H17NO3. The summed E-state index contributed by atoms with van der Waals surface area (Å²) in [5.74, 6) is -0.211. The normalized spacial score (nSPS) is 16.3. The Labute approximate surface area is 139 Å². The summed E-state index contributed by atoms with van der Waals surface area (Å²) in [6.07, 6.45) is 0. The minimum absolute atomic E-state index is 0.128. The van der Waals surface area contributed by atoms with Gasteiger partial charge in [-0.25, -0.2) is 0 Å². The lowest BCUT2D eigenvalue weighted by Crippen LogP contribution is -2.22. The number of fused-ring (bicyclic) bond motifs is 2. The third kappa shape index (κ3) is 2.07. The molecule has 0 aliphatic carbocycles. The maximum atomic E-state index is 13.1. The van der Waals surface area contributed by atoms with Gasteiger partial charge >= 0.3 is 0 Å². The predicted molar refractivity (Wildman–Crippen MR) is 92.4 cm³/mol. The number of carbonyl (C=O) groups excluding carboxylic acids is 1. The average Bonchev–Trinajstić information content (AvgIpc) is 2.85. The molecule has 2 aromatic carbocycles. The Balaban J connectivity index is 2.02. The van der Waals surface area contributed by atoms with E-state index in [1.165, 1.54) is 0 Å². The summed E-state index contributed by atoms with van der Waals surface area (Å²) in [5, 5.41) is 3.42. The molecule has 1 atom stereocenters. The Bertz CT molecular complexity index is 1050. The molecule has 1 aliphatic heterocycles. The van der Waals surface area contributed by atoms with Crippen molar-refractivity contribution in [1.29, 1.82) is 0 Å². The number of hydrogen-bond donors (Lipinski definition) is 1. The molecule has 24 heavy (non-hydrogen) atoms. The molecule has 120 valence electrons. The number of benzene rings is 2. The summed E-state index contributed by atoms with van der Waals surface area (Å²) in [6, 6.07) is 11.1. The fraction of sp³-hybridized carbons (Fsp3) is 0.200. The van der Waals surface area contributed by atoms with Crippen LogP contribution in [0.25, 0.3) is 11.0 Å². The third-order valence-corrected chi connectivity index (χ3v) is 4.55. The Morgan fingerprint density at radius 2 is 1.67 bits per heavy atom. The van der Waals surface area contributed by atoms with Crippen molar-refractivity contribution in [3.63, 3.8) is 0 Å². The molecule has 4 nitrogen and oxygen atoms in total. The molecule has 0 spiro atoms. The van der Waals surface area contributed by atoms with Gasteiger partial charge in [0.1, 0.15) is 5.58 Å². The largest absolute Gasteiger partial charge is 0.450 e. The molecule has 1 unspecified atom stereocenters. The van der Waals surface area contributed by atoms with E-state index in [0.29, 0.717) is 16.5 Å². The molecule has 1 amide bonds. The number of amides is 1. The van der Waals surface area contributed by atoms with Gasteiger partial charge in [0, 0.05) is 0 Å². The Morgan fingerprint density at radius 3 is 2.38 bits per heavy atom. The third-order valence-electron chi connectivity index (χ3n) is 4.55. The smallest absolute Gasteiger partial charge is 0.288 e. The van der Waals surface area contributed by atoms with Crippen molar-refractivity contribution in [2.24, 2.45) is 0 Å². The van der Waals surface area contributed by atoms with E-state index in [-0.39, 0.29) is 17.1 Å². The summed E-state index contributed by atoms with van der Waals surface area (Å²) in [4.78, 5) is 25.4. The number of rotatable bonds is 1. The molecular weight excluding hydrogens is 302 g/mol. The van der Waals surface area contributed by atoms with Gasteiger partial charge in [-0.2, -0.15) is 0 Å². The van der Waals surface area contributed by atoms with Crippen LogP contribution in [0.2, 0.25) is 0 Å². The highest BCUT2D eigenvalue weighted by atomic mass is 16.3. The van der Waals surface area contributed by atoms with Crippen molar-refractivity contribution in [3.05, 3.63) is 80.2 Å². The first-order chi connectivity index (χ1) is 11.5. The molecule has 0 radical (unpaired) electrons. The molecule has 1 aromatic heterocycles. The molecule has 1 aliphatic rings. The van der Waals surface area contributed by atoms with Crippen LogP contribution in [0.3, 0.4) is 0 Å². The maximum absolute atomic E-state index is 13.1. The monoisotopic (exact) mass is 319 g/mol. The van der Waals surface area contributed by atoms with Crippen LogP contribution in [0.15, 0.2) is 45.6 Å². The molecule has 3 aromatic rings. The van der Waals surface area contributed by atoms with Crippen molar-refractivity contribution in [3.8, 4) is 0 Å². The molecule has 0 bridgehead atoms. The van der Waals surface area contributed by atoms with Crippen LogP contribution < -0.4 is 10.7 Å². The van der Waals surface area contributed by atoms with E-state index in [1.54, 1.807) is 6.07 Å². The van der Waals surface area contributed by atoms with Gasteiger partial charge in [-0.3, -0.25) is 9.59 Å². The minimum atomic E-state index is -0.463. The maximum Gasteiger partial charge on any atom is 0.288 e. The highest BCUT2D eigenvalue weighted by Crippen LogP contribution is 2.32. The zero-order chi connectivity index (χ0) is 17.0. The Kier molecular flexibility index (Phi) is 3.10. The van der Waals surface area contributed by atoms with E-state index in [0.717, 1.165) is 22.3 Å². The van der Waals surface area contributed by atoms with E-state index in [9.17, 15) is 9.59 Å². The first kappa shape index (κ1) is 14.7. The molecule has 4 rings (SSSR count). The Morgan fingerprint density at radius 1 is 0.958 bits per heavy atom. The van der Waals surface area contributed by atoms with Crippen LogP contribution in [-0.4, -0.2) is 5.91 Å². The van der Waals surface area contributed by atoms with Gasteiger partial charge in [0.25, 0.3) is 5.91 Å². The van der Waals surface area contributed by atoms with Gasteiger partial charge in [-0.05, 0) is 43.5 Å². The van der Waals surface area contributed by atoms with Crippen molar-refractivity contribution < 1.29 is 9.21 Å². The SMILES string of the molecule is Cc1ccc(C2NC(=O)c3oc4cc(C)cc(C)c4c(=O)c32)cc1. The lowest BCUT2D eigenvalue weighted by molar-refractivity contribution is 0.0938. The first-order valence-electron chi connectivity index (χ1n) is 7.91. The van der Waals surface area contributed by atoms with Crippen molar-refractivity contribution in [2.75, 3.05) is 0 Å². The van der Waals surface area contributed by atoms with Gasteiger partial charge in [-0.1, -0.05) is 35.9 Å². The van der Waals surface area contributed by atoms with Gasteiger partial charge in [0.2, 0.25) is 5.76 Å². The van der Waals surface area contributed by atoms with Gasteiger partial charge in [0.05, 0.1) is 17.0 Å².